The summed E-state index contributed by atoms with van der Waals surface area (Å²) in [6.07, 6.45) is 0. The van der Waals surface area contributed by atoms with Crippen LogP contribution in [0.3, 0.4) is 0 Å². The van der Waals surface area contributed by atoms with Crippen LogP contribution >= 0.6 is 24.5 Å². The van der Waals surface area contributed by atoms with E-state index in [4.69, 9.17) is 14.7 Å². The first kappa shape index (κ1) is 17.3. The van der Waals surface area contributed by atoms with Crippen molar-refractivity contribution in [3.63, 3.8) is 0 Å². The van der Waals surface area contributed by atoms with Crippen molar-refractivity contribution in [2.45, 2.75) is 26.2 Å². The highest BCUT2D eigenvalue weighted by atomic mass is 79.9. The summed E-state index contributed by atoms with van der Waals surface area (Å²) in [6, 6.07) is 10.1. The molecule has 2 aromatic rings. The molecule has 0 saturated heterocycles. The van der Waals surface area contributed by atoms with Gasteiger partial charge in [0.15, 0.2) is 0 Å². The van der Waals surface area contributed by atoms with E-state index in [2.05, 4.69) is 48.8 Å². The molecule has 4 N–H and O–H groups in total. The smallest absolute Gasteiger partial charge is 0.324 e. The molecule has 0 aliphatic rings. The van der Waals surface area contributed by atoms with Crippen molar-refractivity contribution in [1.29, 1.82) is 0 Å². The monoisotopic (exact) mass is 360 g/mol. The first-order valence-corrected chi connectivity index (χ1v) is 7.91. The predicted octanol–water partition coefficient (Wildman–Crippen LogP) is 3.80. The highest BCUT2D eigenvalue weighted by molar-refractivity contribution is 9.10. The maximum atomic E-state index is 10.2. The Bertz CT molecular complexity index is 591. The summed E-state index contributed by atoms with van der Waals surface area (Å²) in [5.41, 5.74) is 0.912. The van der Waals surface area contributed by atoms with Crippen molar-refractivity contribution < 1.29 is 19.8 Å². The van der Waals surface area contributed by atoms with Crippen molar-refractivity contribution in [2.24, 2.45) is 0 Å². The van der Waals surface area contributed by atoms with Gasteiger partial charge in [-0.05, 0) is 38.2 Å². The van der Waals surface area contributed by atoms with E-state index in [1.807, 2.05) is 18.2 Å². The van der Waals surface area contributed by atoms with Crippen molar-refractivity contribution in [1.82, 2.24) is 0 Å². The molecule has 0 heterocycles. The lowest BCUT2D eigenvalue weighted by atomic mass is 9.85. The SMILES string of the molecule is CC(C)(C)c1cc2ccccc2c(Br)c1O.OP(O)O. The Hall–Kier alpha value is -0.710. The number of phenolic OH excluding ortho intramolecular Hbond substituents is 1. The highest BCUT2D eigenvalue weighted by Crippen LogP contribution is 2.40. The summed E-state index contributed by atoms with van der Waals surface area (Å²) in [5.74, 6) is 0.353. The lowest BCUT2D eigenvalue weighted by molar-refractivity contribution is 0.368. The Morgan fingerprint density at radius 2 is 1.55 bits per heavy atom. The summed E-state index contributed by atoms with van der Waals surface area (Å²) in [6.45, 7) is 6.30. The number of rotatable bonds is 0. The van der Waals surface area contributed by atoms with Gasteiger partial charge >= 0.3 is 8.60 Å². The first-order valence-electron chi connectivity index (χ1n) is 5.92. The van der Waals surface area contributed by atoms with E-state index in [9.17, 15) is 5.11 Å². The quantitative estimate of drug-likeness (QED) is 0.538. The molecule has 0 fully saturated rings. The van der Waals surface area contributed by atoms with Gasteiger partial charge in [-0.15, -0.1) is 0 Å². The van der Waals surface area contributed by atoms with Crippen molar-refractivity contribution in [3.05, 3.63) is 40.4 Å². The van der Waals surface area contributed by atoms with Crippen molar-refractivity contribution >= 4 is 35.3 Å². The third-order valence-corrected chi connectivity index (χ3v) is 3.57. The average Bonchev–Trinajstić information content (AvgIpc) is 2.32. The van der Waals surface area contributed by atoms with Crippen LogP contribution in [-0.4, -0.2) is 19.8 Å². The van der Waals surface area contributed by atoms with Crippen molar-refractivity contribution in [3.8, 4) is 5.75 Å². The molecule has 2 rings (SSSR count). The molecule has 2 aromatic carbocycles. The van der Waals surface area contributed by atoms with E-state index < -0.39 is 8.60 Å². The Kier molecular flexibility index (Phi) is 5.92. The molecule has 0 atom stereocenters. The van der Waals surface area contributed by atoms with Gasteiger partial charge < -0.3 is 19.8 Å². The minimum atomic E-state index is -2.62. The Labute approximate surface area is 127 Å². The molecule has 0 radical (unpaired) electrons. The minimum Gasteiger partial charge on any atom is -0.506 e. The fraction of sp³-hybridized carbons (Fsp3) is 0.286. The summed E-state index contributed by atoms with van der Waals surface area (Å²) in [4.78, 5) is 21.7. The summed E-state index contributed by atoms with van der Waals surface area (Å²) in [5, 5.41) is 12.4. The van der Waals surface area contributed by atoms with E-state index in [1.165, 1.54) is 0 Å². The molecule has 0 saturated carbocycles. The lowest BCUT2D eigenvalue weighted by Crippen LogP contribution is -2.11. The van der Waals surface area contributed by atoms with Crippen LogP contribution in [-0.2, 0) is 5.41 Å². The maximum Gasteiger partial charge on any atom is 0.324 e. The third kappa shape index (κ3) is 4.40. The molecule has 0 aliphatic heterocycles. The standard InChI is InChI=1S/C14H15BrO.H3O3P/c1-14(2,3)11-8-9-6-4-5-7-10(9)12(15)13(11)16;1-4(2)3/h4-8,16H,1-3H3;1-3H. The third-order valence-electron chi connectivity index (χ3n) is 2.77. The zero-order valence-electron chi connectivity index (χ0n) is 11.5. The van der Waals surface area contributed by atoms with Gasteiger partial charge in [0.2, 0.25) is 0 Å². The van der Waals surface area contributed by atoms with Gasteiger partial charge in [0.25, 0.3) is 0 Å². The lowest BCUT2D eigenvalue weighted by Gasteiger charge is -2.22. The molecule has 20 heavy (non-hydrogen) atoms. The van der Waals surface area contributed by atoms with Crippen LogP contribution < -0.4 is 0 Å². The van der Waals surface area contributed by atoms with Gasteiger partial charge in [-0.1, -0.05) is 45.0 Å². The van der Waals surface area contributed by atoms with Gasteiger partial charge in [-0.3, -0.25) is 0 Å². The molecule has 0 amide bonds. The van der Waals surface area contributed by atoms with Crippen LogP contribution in [0.2, 0.25) is 0 Å². The molecule has 0 aromatic heterocycles. The van der Waals surface area contributed by atoms with Crippen LogP contribution in [0.1, 0.15) is 26.3 Å². The number of hydrogen-bond donors (Lipinski definition) is 4. The van der Waals surface area contributed by atoms with Gasteiger partial charge in [-0.2, -0.15) is 0 Å². The van der Waals surface area contributed by atoms with Crippen LogP contribution in [0.25, 0.3) is 10.8 Å². The second-order valence-corrected chi connectivity index (χ2v) is 6.66. The molecule has 0 unspecified atom stereocenters. The molecule has 6 heteroatoms. The van der Waals surface area contributed by atoms with E-state index in [1.54, 1.807) is 0 Å². The minimum absolute atomic E-state index is 0.0589. The predicted molar refractivity (Wildman–Crippen MR) is 85.6 cm³/mol. The largest absolute Gasteiger partial charge is 0.506 e. The number of fused-ring (bicyclic) bond motifs is 1. The molecule has 110 valence electrons. The second kappa shape index (κ2) is 6.83. The second-order valence-electron chi connectivity index (χ2n) is 5.33. The van der Waals surface area contributed by atoms with Gasteiger partial charge in [0.05, 0.1) is 4.47 Å². The number of halogens is 1. The summed E-state index contributed by atoms with van der Waals surface area (Å²) >= 11 is 3.47. The zero-order chi connectivity index (χ0) is 15.5. The summed E-state index contributed by atoms with van der Waals surface area (Å²) in [7, 11) is -2.62. The Morgan fingerprint density at radius 3 is 2.05 bits per heavy atom. The van der Waals surface area contributed by atoms with Crippen LogP contribution in [0.15, 0.2) is 34.8 Å². The van der Waals surface area contributed by atoms with Gasteiger partial charge in [0.1, 0.15) is 5.75 Å². The normalized spacial score (nSPS) is 11.4. The van der Waals surface area contributed by atoms with Crippen LogP contribution in [0.5, 0.6) is 5.75 Å². The van der Waals surface area contributed by atoms with E-state index >= 15 is 0 Å². The molecule has 0 spiro atoms. The molecule has 0 aliphatic carbocycles. The van der Waals surface area contributed by atoms with E-state index in [0.717, 1.165) is 20.8 Å². The summed E-state index contributed by atoms with van der Waals surface area (Å²) < 4.78 is 0.788. The number of aromatic hydroxyl groups is 1. The van der Waals surface area contributed by atoms with E-state index in [0.29, 0.717) is 5.75 Å². The van der Waals surface area contributed by atoms with Crippen LogP contribution in [0.4, 0.5) is 0 Å². The molecule has 4 nitrogen and oxygen atoms in total. The average molecular weight is 361 g/mol. The number of hydrogen-bond acceptors (Lipinski definition) is 4. The molecular formula is C14H18BrO4P. The number of phenols is 1. The van der Waals surface area contributed by atoms with Gasteiger partial charge in [0, 0.05) is 5.56 Å². The Balaban J connectivity index is 0.000000444. The number of benzene rings is 2. The Morgan fingerprint density at radius 1 is 1.05 bits per heavy atom. The zero-order valence-corrected chi connectivity index (χ0v) is 14.0. The van der Waals surface area contributed by atoms with Gasteiger partial charge in [-0.25, -0.2) is 0 Å². The molecular weight excluding hydrogens is 343 g/mol. The fourth-order valence-corrected chi connectivity index (χ4v) is 2.44. The highest BCUT2D eigenvalue weighted by Gasteiger charge is 2.21. The molecule has 0 bridgehead atoms. The topological polar surface area (TPSA) is 80.9 Å². The van der Waals surface area contributed by atoms with Crippen molar-refractivity contribution in [2.75, 3.05) is 0 Å². The van der Waals surface area contributed by atoms with Crippen LogP contribution in [0, 0.1) is 0 Å². The fourth-order valence-electron chi connectivity index (χ4n) is 1.86. The van der Waals surface area contributed by atoms with E-state index in [-0.39, 0.29) is 5.41 Å². The maximum absolute atomic E-state index is 10.2. The first-order chi connectivity index (χ1) is 9.14.